The number of aromatic nitrogens is 2. The molecule has 22 heavy (non-hydrogen) atoms. The van der Waals surface area contributed by atoms with Gasteiger partial charge in [0.25, 0.3) is 5.91 Å². The Labute approximate surface area is 127 Å². The molecule has 116 valence electrons. The van der Waals surface area contributed by atoms with Crippen LogP contribution in [0.3, 0.4) is 0 Å². The Morgan fingerprint density at radius 3 is 3.09 bits per heavy atom. The normalized spacial score (nSPS) is 27.9. The summed E-state index contributed by atoms with van der Waals surface area (Å²) >= 11 is 0. The van der Waals surface area contributed by atoms with Gasteiger partial charge in [-0.1, -0.05) is 5.16 Å². The number of rotatable bonds is 2. The maximum atomic E-state index is 12.7. The summed E-state index contributed by atoms with van der Waals surface area (Å²) in [5.74, 6) is 1.17. The fourth-order valence-electron chi connectivity index (χ4n) is 3.39. The third-order valence-electron chi connectivity index (χ3n) is 4.43. The summed E-state index contributed by atoms with van der Waals surface area (Å²) in [5, 5.41) is 3.85. The van der Waals surface area contributed by atoms with Crippen molar-refractivity contribution in [3.05, 3.63) is 35.9 Å². The molecule has 0 aliphatic carbocycles. The molecule has 2 aliphatic heterocycles. The van der Waals surface area contributed by atoms with Crippen LogP contribution in [0.5, 0.6) is 0 Å². The number of carbonyl (C=O) groups excluding carboxylic acids is 1. The highest BCUT2D eigenvalue weighted by Gasteiger charge is 2.44. The molecule has 0 N–H and O–H groups in total. The molecule has 4 heterocycles. The van der Waals surface area contributed by atoms with E-state index in [1.54, 1.807) is 13.0 Å². The Hall–Kier alpha value is -2.15. The van der Waals surface area contributed by atoms with Crippen LogP contribution in [0.1, 0.15) is 40.8 Å². The maximum absolute atomic E-state index is 12.7. The summed E-state index contributed by atoms with van der Waals surface area (Å²) in [6.07, 6.45) is 4.69. The van der Waals surface area contributed by atoms with Gasteiger partial charge in [-0.15, -0.1) is 0 Å². The van der Waals surface area contributed by atoms with Crippen molar-refractivity contribution in [1.82, 2.24) is 15.0 Å². The lowest BCUT2D eigenvalue weighted by Gasteiger charge is -2.39. The van der Waals surface area contributed by atoms with Crippen LogP contribution in [0.25, 0.3) is 0 Å². The van der Waals surface area contributed by atoms with Crippen molar-refractivity contribution in [2.24, 2.45) is 0 Å². The summed E-state index contributed by atoms with van der Waals surface area (Å²) < 4.78 is 16.1. The minimum atomic E-state index is -0.0322. The number of piperidine rings is 1. The van der Waals surface area contributed by atoms with Gasteiger partial charge in [-0.2, -0.15) is 4.98 Å². The van der Waals surface area contributed by atoms with E-state index in [4.69, 9.17) is 13.7 Å². The molecule has 3 atom stereocenters. The number of hydrogen-bond donors (Lipinski definition) is 0. The highest BCUT2D eigenvalue weighted by Crippen LogP contribution is 2.36. The molecule has 0 radical (unpaired) electrons. The fraction of sp³-hybridized carbons (Fsp3) is 0.533. The van der Waals surface area contributed by atoms with Gasteiger partial charge in [-0.05, 0) is 25.8 Å². The van der Waals surface area contributed by atoms with Gasteiger partial charge < -0.3 is 18.6 Å². The van der Waals surface area contributed by atoms with E-state index in [1.165, 1.54) is 12.5 Å². The zero-order chi connectivity index (χ0) is 15.1. The first-order chi connectivity index (χ1) is 10.7. The van der Waals surface area contributed by atoms with Crippen molar-refractivity contribution in [1.29, 1.82) is 0 Å². The van der Waals surface area contributed by atoms with E-state index in [2.05, 4.69) is 10.1 Å². The van der Waals surface area contributed by atoms with Crippen molar-refractivity contribution in [2.45, 2.75) is 37.8 Å². The topological polar surface area (TPSA) is 81.6 Å². The molecule has 0 saturated carbocycles. The third-order valence-corrected chi connectivity index (χ3v) is 4.43. The van der Waals surface area contributed by atoms with Crippen LogP contribution in [0, 0.1) is 6.92 Å². The Balaban J connectivity index is 1.62. The quantitative estimate of drug-likeness (QED) is 0.841. The van der Waals surface area contributed by atoms with Crippen LogP contribution in [0.15, 0.2) is 27.5 Å². The average molecular weight is 303 g/mol. The van der Waals surface area contributed by atoms with Gasteiger partial charge in [-0.3, -0.25) is 4.79 Å². The summed E-state index contributed by atoms with van der Waals surface area (Å²) in [5.41, 5.74) is 0.563. The first kappa shape index (κ1) is 13.5. The zero-order valence-corrected chi connectivity index (χ0v) is 12.3. The van der Waals surface area contributed by atoms with Gasteiger partial charge in [0.1, 0.15) is 6.26 Å². The SMILES string of the molecule is Cc1noc([C@H]2C[C@@H]3OCC[C@@H]3N(C(=O)c3ccoc3)C2)n1. The van der Waals surface area contributed by atoms with Crippen molar-refractivity contribution in [3.63, 3.8) is 0 Å². The predicted octanol–water partition coefficient (Wildman–Crippen LogP) is 1.76. The molecule has 2 aromatic rings. The van der Waals surface area contributed by atoms with Gasteiger partial charge in [0.15, 0.2) is 5.82 Å². The number of aryl methyl sites for hydroxylation is 1. The van der Waals surface area contributed by atoms with Gasteiger partial charge in [0, 0.05) is 13.2 Å². The highest BCUT2D eigenvalue weighted by molar-refractivity contribution is 5.94. The number of likely N-dealkylation sites (tertiary alicyclic amines) is 1. The summed E-state index contributed by atoms with van der Waals surface area (Å²) in [4.78, 5) is 18.9. The Bertz CT molecular complexity index is 666. The van der Waals surface area contributed by atoms with E-state index in [9.17, 15) is 4.79 Å². The van der Waals surface area contributed by atoms with Crippen LogP contribution in [-0.2, 0) is 4.74 Å². The zero-order valence-electron chi connectivity index (χ0n) is 12.3. The van der Waals surface area contributed by atoms with E-state index in [-0.39, 0.29) is 24.0 Å². The van der Waals surface area contributed by atoms with Crippen LogP contribution in [-0.4, -0.2) is 46.2 Å². The Kier molecular flexibility index (Phi) is 3.22. The first-order valence-electron chi connectivity index (χ1n) is 7.47. The van der Waals surface area contributed by atoms with Crippen LogP contribution in [0.4, 0.5) is 0 Å². The second-order valence-electron chi connectivity index (χ2n) is 5.85. The van der Waals surface area contributed by atoms with Crippen molar-refractivity contribution >= 4 is 5.91 Å². The van der Waals surface area contributed by atoms with Gasteiger partial charge >= 0.3 is 0 Å². The largest absolute Gasteiger partial charge is 0.472 e. The second kappa shape index (κ2) is 5.24. The van der Waals surface area contributed by atoms with Gasteiger partial charge in [0.2, 0.25) is 5.89 Å². The molecule has 0 spiro atoms. The first-order valence-corrected chi connectivity index (χ1v) is 7.47. The lowest BCUT2D eigenvalue weighted by molar-refractivity contribution is 0.0124. The highest BCUT2D eigenvalue weighted by atomic mass is 16.5. The molecule has 0 bridgehead atoms. The van der Waals surface area contributed by atoms with E-state index in [0.717, 1.165) is 12.8 Å². The van der Waals surface area contributed by atoms with Gasteiger partial charge in [0.05, 0.1) is 29.9 Å². The Morgan fingerprint density at radius 1 is 1.45 bits per heavy atom. The molecule has 4 rings (SSSR count). The number of amides is 1. The van der Waals surface area contributed by atoms with Crippen LogP contribution >= 0.6 is 0 Å². The monoisotopic (exact) mass is 303 g/mol. The number of carbonyl (C=O) groups is 1. The average Bonchev–Trinajstić information content (AvgIpc) is 3.26. The minimum Gasteiger partial charge on any atom is -0.472 e. The van der Waals surface area contributed by atoms with E-state index in [0.29, 0.717) is 30.4 Å². The molecule has 2 fully saturated rings. The molecule has 7 nitrogen and oxygen atoms in total. The summed E-state index contributed by atoms with van der Waals surface area (Å²) in [7, 11) is 0. The Morgan fingerprint density at radius 2 is 2.36 bits per heavy atom. The maximum Gasteiger partial charge on any atom is 0.257 e. The molecule has 1 amide bonds. The summed E-state index contributed by atoms with van der Waals surface area (Å²) in [6, 6.07) is 1.80. The number of furan rings is 1. The molecule has 2 saturated heterocycles. The second-order valence-corrected chi connectivity index (χ2v) is 5.85. The standard InChI is InChI=1S/C15H17N3O4/c1-9-16-14(22-17-9)11-6-13-12(3-5-21-13)18(7-11)15(19)10-2-4-20-8-10/h2,4,8,11-13H,3,5-7H2,1H3/t11-,12-,13-/m0/s1. The molecule has 0 aromatic carbocycles. The van der Waals surface area contributed by atoms with E-state index in [1.807, 2.05) is 4.90 Å². The predicted molar refractivity (Wildman–Crippen MR) is 74.3 cm³/mol. The number of hydrogen-bond acceptors (Lipinski definition) is 6. The molecule has 2 aromatic heterocycles. The fourth-order valence-corrected chi connectivity index (χ4v) is 3.39. The molecular formula is C15H17N3O4. The van der Waals surface area contributed by atoms with E-state index >= 15 is 0 Å². The number of fused-ring (bicyclic) bond motifs is 1. The van der Waals surface area contributed by atoms with Crippen molar-refractivity contribution in [3.8, 4) is 0 Å². The number of ether oxygens (including phenoxy) is 1. The lowest BCUT2D eigenvalue weighted by atomic mass is 9.89. The third kappa shape index (κ3) is 2.21. The van der Waals surface area contributed by atoms with Gasteiger partial charge in [-0.25, -0.2) is 0 Å². The van der Waals surface area contributed by atoms with Crippen LogP contribution in [0.2, 0.25) is 0 Å². The molecule has 0 unspecified atom stereocenters. The molecule has 7 heteroatoms. The van der Waals surface area contributed by atoms with Crippen molar-refractivity contribution < 1.29 is 18.5 Å². The summed E-state index contributed by atoms with van der Waals surface area (Å²) in [6.45, 7) is 3.04. The van der Waals surface area contributed by atoms with Crippen LogP contribution < -0.4 is 0 Å². The van der Waals surface area contributed by atoms with Crippen molar-refractivity contribution in [2.75, 3.05) is 13.2 Å². The molecule has 2 aliphatic rings. The lowest BCUT2D eigenvalue weighted by Crippen LogP contribution is -2.51. The minimum absolute atomic E-state index is 0.0106. The smallest absolute Gasteiger partial charge is 0.257 e. The van der Waals surface area contributed by atoms with E-state index < -0.39 is 0 Å². The number of nitrogens with zero attached hydrogens (tertiary/aromatic N) is 3. The molecular weight excluding hydrogens is 286 g/mol.